The number of ketones is 1. The second-order valence-electron chi connectivity index (χ2n) is 11.7. The summed E-state index contributed by atoms with van der Waals surface area (Å²) in [5.74, 6) is 1.03. The highest BCUT2D eigenvalue weighted by Crippen LogP contribution is 2.30. The molecule has 0 radical (unpaired) electrons. The van der Waals surface area contributed by atoms with Crippen LogP contribution in [-0.2, 0) is 29.2 Å². The number of likely N-dealkylation sites (tertiary alicyclic amines) is 1. The third-order valence-electron chi connectivity index (χ3n) is 8.72. The Bertz CT molecular complexity index is 1890. The third kappa shape index (κ3) is 6.88. The molecule has 0 saturated carbocycles. The fourth-order valence-electron chi connectivity index (χ4n) is 6.04. The molecule has 0 bridgehead atoms. The number of imidazole rings is 1. The first kappa shape index (κ1) is 30.6. The number of hydrogen-bond acceptors (Lipinski definition) is 10. The monoisotopic (exact) mass is 636 g/mol. The molecule has 11 nitrogen and oxygen atoms in total. The van der Waals surface area contributed by atoms with E-state index in [0.29, 0.717) is 42.2 Å². The number of fused-ring (bicyclic) bond motifs is 1. The molecular formula is C35H33FN6O5. The first-order valence-corrected chi connectivity index (χ1v) is 15.7. The zero-order valence-corrected chi connectivity index (χ0v) is 25.6. The molecule has 0 spiro atoms. The molecule has 6 heterocycles. The van der Waals surface area contributed by atoms with Crippen molar-refractivity contribution in [2.45, 2.75) is 51.0 Å². The van der Waals surface area contributed by atoms with Crippen molar-refractivity contribution in [1.29, 1.82) is 0 Å². The van der Waals surface area contributed by atoms with Crippen LogP contribution in [0.3, 0.4) is 0 Å². The van der Waals surface area contributed by atoms with Gasteiger partial charge >= 0.3 is 0 Å². The second kappa shape index (κ2) is 13.7. The van der Waals surface area contributed by atoms with E-state index in [4.69, 9.17) is 24.2 Å². The van der Waals surface area contributed by atoms with Gasteiger partial charge in [-0.3, -0.25) is 19.5 Å². The van der Waals surface area contributed by atoms with Crippen molar-refractivity contribution in [1.82, 2.24) is 29.4 Å². The lowest BCUT2D eigenvalue weighted by molar-refractivity contribution is -0.120. The molecule has 2 aliphatic rings. The molecule has 0 N–H and O–H groups in total. The quantitative estimate of drug-likeness (QED) is 0.138. The Morgan fingerprint density at radius 3 is 2.60 bits per heavy atom. The van der Waals surface area contributed by atoms with Crippen LogP contribution in [0.1, 0.15) is 58.2 Å². The van der Waals surface area contributed by atoms with Gasteiger partial charge in [-0.25, -0.2) is 14.4 Å². The van der Waals surface area contributed by atoms with Gasteiger partial charge in [-0.2, -0.15) is 4.98 Å². The Kier molecular flexibility index (Phi) is 8.94. The highest BCUT2D eigenvalue weighted by atomic mass is 19.1. The summed E-state index contributed by atoms with van der Waals surface area (Å²) >= 11 is 0. The van der Waals surface area contributed by atoms with Crippen LogP contribution >= 0.6 is 0 Å². The van der Waals surface area contributed by atoms with Gasteiger partial charge in [-0.05, 0) is 62.7 Å². The molecule has 1 aromatic carbocycles. The van der Waals surface area contributed by atoms with Crippen molar-refractivity contribution in [2.75, 3.05) is 19.7 Å². The zero-order chi connectivity index (χ0) is 32.2. The number of benzene rings is 1. The summed E-state index contributed by atoms with van der Waals surface area (Å²) in [6.07, 6.45) is 5.98. The fraction of sp³-hybridized carbons (Fsp3) is 0.314. The minimum Gasteiger partial charge on any atom is -0.473 e. The Balaban J connectivity index is 0.968. The van der Waals surface area contributed by atoms with Crippen LogP contribution in [0.5, 0.6) is 11.8 Å². The predicted octanol–water partition coefficient (Wildman–Crippen LogP) is 4.87. The van der Waals surface area contributed by atoms with E-state index >= 15 is 0 Å². The smallest absolute Gasteiger partial charge is 0.299 e. The average molecular weight is 637 g/mol. The highest BCUT2D eigenvalue weighted by molar-refractivity contribution is 6.08. The lowest BCUT2D eigenvalue weighted by atomic mass is 9.93. The Labute approximate surface area is 270 Å². The number of carbonyl (C=O) groups excluding carboxylic acids is 2. The topological polar surface area (TPSA) is 122 Å². The van der Waals surface area contributed by atoms with Crippen LogP contribution < -0.4 is 9.47 Å². The minimum atomic E-state index is -0.512. The minimum absolute atomic E-state index is 0.00733. The summed E-state index contributed by atoms with van der Waals surface area (Å²) in [6.45, 7) is 4.16. The molecule has 47 heavy (non-hydrogen) atoms. The van der Waals surface area contributed by atoms with Crippen molar-refractivity contribution in [3.05, 3.63) is 107 Å². The number of aromatic nitrogens is 5. The predicted molar refractivity (Wildman–Crippen MR) is 168 cm³/mol. The maximum atomic E-state index is 14.9. The van der Waals surface area contributed by atoms with Gasteiger partial charge in [0.2, 0.25) is 11.8 Å². The van der Waals surface area contributed by atoms with Crippen LogP contribution in [0.4, 0.5) is 4.39 Å². The number of carbonyl (C=O) groups is 2. The number of rotatable bonds is 12. The van der Waals surface area contributed by atoms with E-state index in [1.807, 2.05) is 18.2 Å². The van der Waals surface area contributed by atoms with Crippen LogP contribution in [0.25, 0.3) is 11.2 Å². The number of hydrogen-bond donors (Lipinski definition) is 0. The molecule has 4 aromatic heterocycles. The first-order chi connectivity index (χ1) is 23.0. The average Bonchev–Trinajstić information content (AvgIpc) is 3.42. The fourth-order valence-corrected chi connectivity index (χ4v) is 6.04. The van der Waals surface area contributed by atoms with Crippen molar-refractivity contribution in [2.24, 2.45) is 0 Å². The number of ether oxygens (including phenoxy) is 3. The SMILES string of the molecule is O=COc1ccc2nc(CN3CCC(c4cccc(OCc5ccc(C(=O)c6cccnc6)cc5F)n4)CC3)n(C[C@@H]3CCO3)c2n1. The highest BCUT2D eigenvalue weighted by Gasteiger charge is 2.26. The third-order valence-corrected chi connectivity index (χ3v) is 8.72. The summed E-state index contributed by atoms with van der Waals surface area (Å²) < 4.78 is 33.6. The van der Waals surface area contributed by atoms with Crippen LogP contribution in [0, 0.1) is 5.82 Å². The summed E-state index contributed by atoms with van der Waals surface area (Å²) in [5, 5.41) is 0. The summed E-state index contributed by atoms with van der Waals surface area (Å²) in [6, 6.07) is 16.9. The number of nitrogens with zero attached hydrogens (tertiary/aromatic N) is 6. The normalized spacial score (nSPS) is 16.9. The molecule has 5 aromatic rings. The van der Waals surface area contributed by atoms with Gasteiger partial charge < -0.3 is 18.8 Å². The van der Waals surface area contributed by atoms with E-state index in [0.717, 1.165) is 56.0 Å². The molecule has 0 amide bonds. The van der Waals surface area contributed by atoms with Crippen LogP contribution in [0.2, 0.25) is 0 Å². The van der Waals surface area contributed by atoms with E-state index < -0.39 is 5.82 Å². The lowest BCUT2D eigenvalue weighted by Crippen LogP contribution is -2.35. The molecule has 0 unspecified atom stereocenters. The van der Waals surface area contributed by atoms with E-state index in [2.05, 4.69) is 19.4 Å². The van der Waals surface area contributed by atoms with Gasteiger partial charge in [-0.15, -0.1) is 0 Å². The van der Waals surface area contributed by atoms with Crippen molar-refractivity contribution in [3.8, 4) is 11.8 Å². The molecule has 12 heteroatoms. The summed E-state index contributed by atoms with van der Waals surface area (Å²) in [4.78, 5) is 44.0. The summed E-state index contributed by atoms with van der Waals surface area (Å²) in [7, 11) is 0. The number of piperidine rings is 1. The first-order valence-electron chi connectivity index (χ1n) is 15.7. The maximum absolute atomic E-state index is 14.9. The van der Waals surface area contributed by atoms with Crippen LogP contribution in [-0.4, -0.2) is 67.5 Å². The maximum Gasteiger partial charge on any atom is 0.299 e. The zero-order valence-electron chi connectivity index (χ0n) is 25.6. The Hall–Kier alpha value is -5.07. The number of halogens is 1. The molecule has 2 fully saturated rings. The van der Waals surface area contributed by atoms with Crippen molar-refractivity contribution < 1.29 is 28.2 Å². The van der Waals surface area contributed by atoms with Gasteiger partial charge in [0.15, 0.2) is 11.4 Å². The summed E-state index contributed by atoms with van der Waals surface area (Å²) in [5.41, 5.74) is 3.37. The van der Waals surface area contributed by atoms with Gasteiger partial charge in [-0.1, -0.05) is 18.2 Å². The molecule has 1 atom stereocenters. The largest absolute Gasteiger partial charge is 0.473 e. The van der Waals surface area contributed by atoms with Gasteiger partial charge in [0.25, 0.3) is 6.47 Å². The van der Waals surface area contributed by atoms with Crippen molar-refractivity contribution >= 4 is 23.4 Å². The molecular weight excluding hydrogens is 603 g/mol. The molecule has 7 rings (SSSR count). The van der Waals surface area contributed by atoms with Gasteiger partial charge in [0.1, 0.15) is 23.8 Å². The second-order valence-corrected chi connectivity index (χ2v) is 11.7. The molecule has 0 aliphatic carbocycles. The standard InChI is InChI=1S/C35H33FN6O5/c36-28-17-24(34(44)25-3-2-13-37-18-25)6-7-26(28)21-46-32-5-1-4-29(39-32)23-10-14-41(15-11-23)20-31-38-30-8-9-33(47-22-43)40-35(30)42(31)19-27-12-16-45-27/h1-9,13,17-18,22-23,27H,10-12,14-16,19-21H2/t27-/m0/s1. The Morgan fingerprint density at radius 2 is 1.85 bits per heavy atom. The molecule has 2 aliphatic heterocycles. The lowest BCUT2D eigenvalue weighted by Gasteiger charge is -2.32. The van der Waals surface area contributed by atoms with E-state index in [-0.39, 0.29) is 35.9 Å². The van der Waals surface area contributed by atoms with E-state index in [9.17, 15) is 14.0 Å². The van der Waals surface area contributed by atoms with E-state index in [1.165, 1.54) is 12.3 Å². The Morgan fingerprint density at radius 1 is 0.979 bits per heavy atom. The van der Waals surface area contributed by atoms with Crippen molar-refractivity contribution in [3.63, 3.8) is 0 Å². The molecule has 2 saturated heterocycles. The molecule has 240 valence electrons. The van der Waals surface area contributed by atoms with Crippen LogP contribution in [0.15, 0.2) is 73.1 Å². The number of pyridine rings is 3. The van der Waals surface area contributed by atoms with Gasteiger partial charge in [0, 0.05) is 59.4 Å². The van der Waals surface area contributed by atoms with E-state index in [1.54, 1.807) is 42.6 Å². The van der Waals surface area contributed by atoms with Gasteiger partial charge in [0.05, 0.1) is 19.2 Å².